The number of carbonyl (C=O) groups excluding carboxylic acids is 1. The molecule has 8 heteroatoms. The van der Waals surface area contributed by atoms with Gasteiger partial charge in [-0.1, -0.05) is 69.1 Å². The molecule has 2 aromatic rings. The summed E-state index contributed by atoms with van der Waals surface area (Å²) in [6, 6.07) is 9.64. The summed E-state index contributed by atoms with van der Waals surface area (Å²) in [7, 11) is 0. The van der Waals surface area contributed by atoms with Gasteiger partial charge in [0, 0.05) is 29.0 Å². The molecule has 2 N–H and O–H groups in total. The van der Waals surface area contributed by atoms with Crippen molar-refractivity contribution in [1.82, 2.24) is 10.6 Å². The second-order valence-corrected chi connectivity index (χ2v) is 13.2. The van der Waals surface area contributed by atoms with E-state index in [4.69, 9.17) is 23.2 Å². The molecule has 2 aliphatic rings. The van der Waals surface area contributed by atoms with Crippen molar-refractivity contribution < 1.29 is 13.6 Å². The molecule has 4 rings (SSSR count). The Labute approximate surface area is 234 Å². The van der Waals surface area contributed by atoms with Gasteiger partial charge in [-0.15, -0.1) is 0 Å². The summed E-state index contributed by atoms with van der Waals surface area (Å²) in [4.78, 5) is 14.1. The minimum absolute atomic E-state index is 0.0962. The quantitative estimate of drug-likeness (QED) is 0.400. The predicted molar refractivity (Wildman–Crippen MR) is 147 cm³/mol. The van der Waals surface area contributed by atoms with Crippen LogP contribution in [-0.4, -0.2) is 31.0 Å². The molecule has 0 radical (unpaired) electrons. The molecular weight excluding hydrogens is 527 g/mol. The van der Waals surface area contributed by atoms with E-state index in [-0.39, 0.29) is 44.2 Å². The van der Waals surface area contributed by atoms with Crippen molar-refractivity contribution in [3.05, 3.63) is 69.2 Å². The lowest BCUT2D eigenvalue weighted by Crippen LogP contribution is -2.45. The van der Waals surface area contributed by atoms with Crippen molar-refractivity contribution >= 4 is 29.0 Å². The van der Waals surface area contributed by atoms with Gasteiger partial charge < -0.3 is 10.6 Å². The number of Topliss-reactive ketones (excluding diaryl/α,β-unsaturated/α-hetero) is 1. The zero-order valence-corrected chi connectivity index (χ0v) is 23.8. The maximum Gasteiger partial charge on any atom is 0.151 e. The van der Waals surface area contributed by atoms with Crippen LogP contribution < -0.4 is 10.6 Å². The van der Waals surface area contributed by atoms with E-state index in [0.717, 1.165) is 25.9 Å². The summed E-state index contributed by atoms with van der Waals surface area (Å²) < 4.78 is 31.4. The highest BCUT2D eigenvalue weighted by atomic mass is 35.5. The van der Waals surface area contributed by atoms with E-state index < -0.39 is 35.1 Å². The number of hydrogen-bond acceptors (Lipinski definition) is 4. The number of piperidine rings is 1. The number of benzene rings is 2. The van der Waals surface area contributed by atoms with E-state index in [0.29, 0.717) is 6.42 Å². The number of halogens is 4. The van der Waals surface area contributed by atoms with Crippen LogP contribution in [0.4, 0.5) is 8.78 Å². The molecule has 0 aromatic heterocycles. The molecule has 0 aliphatic carbocycles. The van der Waals surface area contributed by atoms with Gasteiger partial charge in [-0.3, -0.25) is 4.79 Å². The molecule has 0 saturated carbocycles. The Morgan fingerprint density at radius 3 is 2.45 bits per heavy atom. The summed E-state index contributed by atoms with van der Waals surface area (Å²) in [5.74, 6) is -2.47. The van der Waals surface area contributed by atoms with Gasteiger partial charge in [-0.2, -0.15) is 5.26 Å². The van der Waals surface area contributed by atoms with E-state index in [1.54, 1.807) is 12.1 Å². The van der Waals surface area contributed by atoms with Gasteiger partial charge in [-0.05, 0) is 66.9 Å². The fraction of sp³-hybridized carbons (Fsp3) is 0.533. The van der Waals surface area contributed by atoms with Crippen LogP contribution in [-0.2, 0) is 10.2 Å². The van der Waals surface area contributed by atoms with Gasteiger partial charge in [0.15, 0.2) is 5.78 Å². The molecule has 2 aliphatic heterocycles. The molecule has 2 saturated heterocycles. The molecule has 2 aromatic carbocycles. The molecular formula is C30H35Cl2F2N3O. The monoisotopic (exact) mass is 561 g/mol. The standard InChI is InChI=1S/C30H35Cl2F2N3O/c1-28(2,3)16-24-30(17-35,20-9-8-18(31)14-22(20)33)25(19-6-5-7-21(32)26(19)34)27(37-24)23(38)15-29(4)10-12-36-13-11-29/h5-9,14,24-25,27,36-37H,10-13,15-16H2,1-4H3/t24-,25-,27-,30-/m0/s1. The molecule has 2 heterocycles. The van der Waals surface area contributed by atoms with Gasteiger partial charge in [-0.25, -0.2) is 8.78 Å². The number of nitriles is 1. The number of nitrogens with zero attached hydrogens (tertiary/aromatic N) is 1. The Bertz CT molecular complexity index is 1250. The van der Waals surface area contributed by atoms with Crippen LogP contribution in [0.5, 0.6) is 0 Å². The largest absolute Gasteiger partial charge is 0.317 e. The van der Waals surface area contributed by atoms with Crippen molar-refractivity contribution in [2.45, 2.75) is 76.8 Å². The van der Waals surface area contributed by atoms with Gasteiger partial charge in [0.1, 0.15) is 17.0 Å². The highest BCUT2D eigenvalue weighted by Gasteiger charge is 2.61. The zero-order valence-electron chi connectivity index (χ0n) is 22.3. The highest BCUT2D eigenvalue weighted by molar-refractivity contribution is 6.31. The topological polar surface area (TPSA) is 64.9 Å². The fourth-order valence-electron chi connectivity index (χ4n) is 6.35. The van der Waals surface area contributed by atoms with Crippen LogP contribution >= 0.6 is 23.2 Å². The minimum Gasteiger partial charge on any atom is -0.317 e. The van der Waals surface area contributed by atoms with Crippen molar-refractivity contribution in [3.63, 3.8) is 0 Å². The second kappa shape index (κ2) is 10.8. The number of carbonyl (C=O) groups is 1. The van der Waals surface area contributed by atoms with Crippen molar-refractivity contribution in [1.29, 1.82) is 5.26 Å². The second-order valence-electron chi connectivity index (χ2n) is 12.4. The molecule has 0 spiro atoms. The zero-order chi connectivity index (χ0) is 27.9. The van der Waals surface area contributed by atoms with Crippen molar-refractivity contribution in [2.75, 3.05) is 13.1 Å². The van der Waals surface area contributed by atoms with Crippen molar-refractivity contribution in [2.24, 2.45) is 10.8 Å². The SMILES string of the molecule is CC(C)(C)C[C@@H]1N[C@@H](C(=O)CC2(C)CCNCC2)[C@H](c2cccc(Cl)c2F)[C@@]1(C#N)c1ccc(Cl)cc1F. The molecule has 4 nitrogen and oxygen atoms in total. The summed E-state index contributed by atoms with van der Waals surface area (Å²) in [5.41, 5.74) is -1.86. The summed E-state index contributed by atoms with van der Waals surface area (Å²) in [6.45, 7) is 9.80. The Morgan fingerprint density at radius 2 is 1.84 bits per heavy atom. The fourth-order valence-corrected chi connectivity index (χ4v) is 6.69. The average Bonchev–Trinajstić information content (AvgIpc) is 3.14. The first-order valence-electron chi connectivity index (χ1n) is 13.1. The van der Waals surface area contributed by atoms with E-state index in [1.807, 2.05) is 20.8 Å². The van der Waals surface area contributed by atoms with E-state index in [1.165, 1.54) is 24.3 Å². The van der Waals surface area contributed by atoms with Crippen LogP contribution in [0.15, 0.2) is 36.4 Å². The lowest BCUT2D eigenvalue weighted by molar-refractivity contribution is -0.123. The van der Waals surface area contributed by atoms with Crippen LogP contribution in [0, 0.1) is 33.8 Å². The molecule has 0 amide bonds. The van der Waals surface area contributed by atoms with E-state index in [9.17, 15) is 10.1 Å². The van der Waals surface area contributed by atoms with Gasteiger partial charge in [0.2, 0.25) is 0 Å². The predicted octanol–water partition coefficient (Wildman–Crippen LogP) is 6.94. The minimum atomic E-state index is -1.59. The lowest BCUT2D eigenvalue weighted by atomic mass is 9.62. The lowest BCUT2D eigenvalue weighted by Gasteiger charge is -2.38. The molecule has 4 atom stereocenters. The number of ketones is 1. The first kappa shape index (κ1) is 29.0. The number of hydrogen-bond donors (Lipinski definition) is 2. The molecule has 0 unspecified atom stereocenters. The molecule has 2 fully saturated rings. The Kier molecular flexibility index (Phi) is 8.27. The smallest absolute Gasteiger partial charge is 0.151 e. The van der Waals surface area contributed by atoms with Gasteiger partial charge >= 0.3 is 0 Å². The van der Waals surface area contributed by atoms with Crippen LogP contribution in [0.2, 0.25) is 10.0 Å². The summed E-state index contributed by atoms with van der Waals surface area (Å²) >= 11 is 12.3. The van der Waals surface area contributed by atoms with Gasteiger partial charge in [0.05, 0.1) is 17.1 Å². The molecule has 204 valence electrons. The maximum absolute atomic E-state index is 15.7. The van der Waals surface area contributed by atoms with E-state index in [2.05, 4.69) is 23.6 Å². The third-order valence-electron chi connectivity index (χ3n) is 8.21. The first-order valence-corrected chi connectivity index (χ1v) is 13.9. The highest BCUT2D eigenvalue weighted by Crippen LogP contribution is 2.53. The summed E-state index contributed by atoms with van der Waals surface area (Å²) in [5, 5.41) is 17.8. The van der Waals surface area contributed by atoms with Gasteiger partial charge in [0.25, 0.3) is 0 Å². The first-order chi connectivity index (χ1) is 17.8. The van der Waals surface area contributed by atoms with Crippen LogP contribution in [0.3, 0.4) is 0 Å². The Balaban J connectivity index is 1.94. The number of rotatable bonds is 6. The van der Waals surface area contributed by atoms with E-state index >= 15 is 8.78 Å². The third kappa shape index (κ3) is 5.49. The molecule has 0 bridgehead atoms. The number of nitrogens with one attached hydrogen (secondary N) is 2. The Morgan fingerprint density at radius 1 is 1.16 bits per heavy atom. The van der Waals surface area contributed by atoms with Crippen molar-refractivity contribution in [3.8, 4) is 6.07 Å². The maximum atomic E-state index is 15.7. The van der Waals surface area contributed by atoms with Crippen LogP contribution in [0.25, 0.3) is 0 Å². The third-order valence-corrected chi connectivity index (χ3v) is 8.73. The Hall–Kier alpha value is -2.04. The van der Waals surface area contributed by atoms with Crippen LogP contribution in [0.1, 0.15) is 70.4 Å². The summed E-state index contributed by atoms with van der Waals surface area (Å²) in [6.07, 6.45) is 2.40. The normalized spacial score (nSPS) is 27.2. The molecule has 38 heavy (non-hydrogen) atoms. The average molecular weight is 563 g/mol.